The van der Waals surface area contributed by atoms with Gasteiger partial charge in [-0.2, -0.15) is 5.10 Å². The number of hydrogen-bond acceptors (Lipinski definition) is 3. The van der Waals surface area contributed by atoms with Crippen molar-refractivity contribution in [1.29, 1.82) is 0 Å². The van der Waals surface area contributed by atoms with Gasteiger partial charge in [0, 0.05) is 6.20 Å². The van der Waals surface area contributed by atoms with Crippen molar-refractivity contribution in [1.82, 2.24) is 14.8 Å². The van der Waals surface area contributed by atoms with Crippen LogP contribution in [0.4, 0.5) is 0 Å². The minimum atomic E-state index is -0.994. The lowest BCUT2D eigenvalue weighted by Gasteiger charge is -2.07. The van der Waals surface area contributed by atoms with Crippen molar-refractivity contribution in [2.45, 2.75) is 13.8 Å². The van der Waals surface area contributed by atoms with Gasteiger partial charge in [0.15, 0.2) is 0 Å². The van der Waals surface area contributed by atoms with E-state index in [0.29, 0.717) is 5.69 Å². The van der Waals surface area contributed by atoms with Gasteiger partial charge in [0.1, 0.15) is 0 Å². The number of halogens is 1. The Hall–Kier alpha value is -1.69. The molecule has 0 radical (unpaired) electrons. The number of rotatable bonds is 2. The van der Waals surface area contributed by atoms with Crippen molar-refractivity contribution in [3.05, 3.63) is 39.9 Å². The number of carboxylic acids is 1. The minimum Gasteiger partial charge on any atom is -0.478 e. The number of nitrogens with zero attached hydrogens (tertiary/aromatic N) is 3. The van der Waals surface area contributed by atoms with Crippen LogP contribution in [0.2, 0.25) is 0 Å². The van der Waals surface area contributed by atoms with Crippen molar-refractivity contribution >= 4 is 21.9 Å². The van der Waals surface area contributed by atoms with Crippen molar-refractivity contribution < 1.29 is 9.90 Å². The highest BCUT2D eigenvalue weighted by Crippen LogP contribution is 2.24. The molecular weight excluding hydrogens is 286 g/mol. The first-order chi connectivity index (χ1) is 8.02. The molecule has 0 fully saturated rings. The van der Waals surface area contributed by atoms with Gasteiger partial charge in [-0.3, -0.25) is 4.98 Å². The summed E-state index contributed by atoms with van der Waals surface area (Å²) in [7, 11) is 0. The Morgan fingerprint density at radius 3 is 2.71 bits per heavy atom. The van der Waals surface area contributed by atoms with Gasteiger partial charge >= 0.3 is 5.97 Å². The van der Waals surface area contributed by atoms with Gasteiger partial charge in [-0.05, 0) is 35.8 Å². The predicted molar refractivity (Wildman–Crippen MR) is 65.5 cm³/mol. The second-order valence-electron chi connectivity index (χ2n) is 3.59. The van der Waals surface area contributed by atoms with Crippen LogP contribution >= 0.6 is 15.9 Å². The largest absolute Gasteiger partial charge is 0.478 e. The van der Waals surface area contributed by atoms with Crippen LogP contribution in [0.5, 0.6) is 0 Å². The standard InChI is InChI=1S/C11H10BrN3O2/c1-6-10(12)7(2)15(14-6)9-5-13-4-3-8(9)11(16)17/h3-5H,1-2H3,(H,16,17). The van der Waals surface area contributed by atoms with E-state index in [1.165, 1.54) is 18.5 Å². The molecule has 5 nitrogen and oxygen atoms in total. The molecule has 17 heavy (non-hydrogen) atoms. The van der Waals surface area contributed by atoms with Crippen LogP contribution in [0.25, 0.3) is 5.69 Å². The van der Waals surface area contributed by atoms with Crippen LogP contribution in [-0.2, 0) is 0 Å². The van der Waals surface area contributed by atoms with E-state index >= 15 is 0 Å². The van der Waals surface area contributed by atoms with E-state index in [-0.39, 0.29) is 5.56 Å². The molecule has 0 aromatic carbocycles. The van der Waals surface area contributed by atoms with Crippen LogP contribution in [-0.4, -0.2) is 25.8 Å². The number of carbonyl (C=O) groups is 1. The molecule has 0 unspecified atom stereocenters. The number of aromatic nitrogens is 3. The Kier molecular flexibility index (Phi) is 2.97. The maximum atomic E-state index is 11.1. The average Bonchev–Trinajstić information content (AvgIpc) is 2.57. The molecule has 0 aliphatic rings. The third kappa shape index (κ3) is 1.95. The number of carboxylic acid groups (broad SMARTS) is 1. The zero-order chi connectivity index (χ0) is 12.6. The summed E-state index contributed by atoms with van der Waals surface area (Å²) in [5.74, 6) is -0.994. The van der Waals surface area contributed by atoms with Crippen molar-refractivity contribution in [2.24, 2.45) is 0 Å². The van der Waals surface area contributed by atoms with Gasteiger partial charge in [0.2, 0.25) is 0 Å². The summed E-state index contributed by atoms with van der Waals surface area (Å²) in [4.78, 5) is 15.1. The highest BCUT2D eigenvalue weighted by Gasteiger charge is 2.16. The third-order valence-corrected chi connectivity index (χ3v) is 3.61. The fraction of sp³-hybridized carbons (Fsp3) is 0.182. The van der Waals surface area contributed by atoms with E-state index in [1.54, 1.807) is 4.68 Å². The molecule has 2 aromatic rings. The fourth-order valence-electron chi connectivity index (χ4n) is 1.59. The number of pyridine rings is 1. The summed E-state index contributed by atoms with van der Waals surface area (Å²) in [5.41, 5.74) is 2.30. The van der Waals surface area contributed by atoms with Crippen LogP contribution in [0.15, 0.2) is 22.9 Å². The number of aryl methyl sites for hydroxylation is 1. The molecule has 0 amide bonds. The van der Waals surface area contributed by atoms with Crippen LogP contribution in [0.3, 0.4) is 0 Å². The van der Waals surface area contributed by atoms with Gasteiger partial charge in [-0.15, -0.1) is 0 Å². The normalized spacial score (nSPS) is 10.5. The van der Waals surface area contributed by atoms with Gasteiger partial charge in [-0.1, -0.05) is 0 Å². The van der Waals surface area contributed by atoms with Crippen LogP contribution in [0.1, 0.15) is 21.7 Å². The molecule has 0 saturated carbocycles. The maximum absolute atomic E-state index is 11.1. The Labute approximate surface area is 106 Å². The molecule has 88 valence electrons. The van der Waals surface area contributed by atoms with Crippen molar-refractivity contribution in [2.75, 3.05) is 0 Å². The fourth-order valence-corrected chi connectivity index (χ4v) is 1.84. The Bertz CT molecular complexity index is 592. The van der Waals surface area contributed by atoms with E-state index in [9.17, 15) is 4.79 Å². The predicted octanol–water partition coefficient (Wildman–Crippen LogP) is 2.34. The van der Waals surface area contributed by atoms with Gasteiger partial charge in [0.05, 0.1) is 33.3 Å². The molecular formula is C11H10BrN3O2. The summed E-state index contributed by atoms with van der Waals surface area (Å²) in [6, 6.07) is 1.46. The molecule has 0 saturated heterocycles. The van der Waals surface area contributed by atoms with Crippen LogP contribution < -0.4 is 0 Å². The summed E-state index contributed by atoms with van der Waals surface area (Å²) in [5, 5.41) is 13.4. The topological polar surface area (TPSA) is 68.0 Å². The molecule has 0 bridgehead atoms. The first-order valence-corrected chi connectivity index (χ1v) is 5.71. The molecule has 0 aliphatic carbocycles. The van der Waals surface area contributed by atoms with Gasteiger partial charge in [-0.25, -0.2) is 9.48 Å². The van der Waals surface area contributed by atoms with E-state index in [1.807, 2.05) is 13.8 Å². The molecule has 0 atom stereocenters. The second kappa shape index (κ2) is 4.29. The summed E-state index contributed by atoms with van der Waals surface area (Å²) < 4.78 is 2.45. The molecule has 1 N–H and O–H groups in total. The molecule has 0 aliphatic heterocycles. The van der Waals surface area contributed by atoms with E-state index in [4.69, 9.17) is 5.11 Å². The highest BCUT2D eigenvalue weighted by molar-refractivity contribution is 9.10. The quantitative estimate of drug-likeness (QED) is 0.923. The zero-order valence-corrected chi connectivity index (χ0v) is 10.9. The summed E-state index contributed by atoms with van der Waals surface area (Å²) in [6.07, 6.45) is 2.95. The Morgan fingerprint density at radius 1 is 1.47 bits per heavy atom. The molecule has 6 heteroatoms. The van der Waals surface area contributed by atoms with Gasteiger partial charge in [0.25, 0.3) is 0 Å². The van der Waals surface area contributed by atoms with E-state index in [0.717, 1.165) is 15.9 Å². The summed E-state index contributed by atoms with van der Waals surface area (Å²) in [6.45, 7) is 3.72. The number of hydrogen-bond donors (Lipinski definition) is 1. The monoisotopic (exact) mass is 295 g/mol. The lowest BCUT2D eigenvalue weighted by atomic mass is 10.2. The molecule has 2 aromatic heterocycles. The lowest BCUT2D eigenvalue weighted by molar-refractivity contribution is 0.0696. The van der Waals surface area contributed by atoms with Crippen LogP contribution in [0, 0.1) is 13.8 Å². The van der Waals surface area contributed by atoms with E-state index < -0.39 is 5.97 Å². The second-order valence-corrected chi connectivity index (χ2v) is 4.39. The average molecular weight is 296 g/mol. The Balaban J connectivity index is 2.68. The highest BCUT2D eigenvalue weighted by atomic mass is 79.9. The third-order valence-electron chi connectivity index (χ3n) is 2.46. The minimum absolute atomic E-state index is 0.179. The van der Waals surface area contributed by atoms with E-state index in [2.05, 4.69) is 26.0 Å². The molecule has 2 rings (SSSR count). The molecule has 0 spiro atoms. The summed E-state index contributed by atoms with van der Waals surface area (Å²) >= 11 is 3.41. The zero-order valence-electron chi connectivity index (χ0n) is 9.31. The molecule has 2 heterocycles. The van der Waals surface area contributed by atoms with Crippen molar-refractivity contribution in [3.63, 3.8) is 0 Å². The number of aromatic carboxylic acids is 1. The van der Waals surface area contributed by atoms with Gasteiger partial charge < -0.3 is 5.11 Å². The maximum Gasteiger partial charge on any atom is 0.338 e. The lowest BCUT2D eigenvalue weighted by Crippen LogP contribution is -2.08. The first kappa shape index (κ1) is 11.8. The smallest absolute Gasteiger partial charge is 0.338 e. The van der Waals surface area contributed by atoms with Crippen molar-refractivity contribution in [3.8, 4) is 5.69 Å². The Morgan fingerprint density at radius 2 is 2.18 bits per heavy atom. The first-order valence-electron chi connectivity index (χ1n) is 4.91. The SMILES string of the molecule is Cc1nn(-c2cnccc2C(=O)O)c(C)c1Br.